The van der Waals surface area contributed by atoms with Crippen LogP contribution in [0.1, 0.15) is 0 Å². The monoisotopic (exact) mass is 152 g/mol. The summed E-state index contributed by atoms with van der Waals surface area (Å²) in [4.78, 5) is 12.1. The average molecular weight is 152 g/mol. The predicted molar refractivity (Wildman–Crippen MR) is 41.5 cm³/mol. The van der Waals surface area contributed by atoms with Gasteiger partial charge in [-0.15, -0.1) is 0 Å². The van der Waals surface area contributed by atoms with E-state index in [4.69, 9.17) is 21.7 Å². The quantitative estimate of drug-likeness (QED) is 0.363. The van der Waals surface area contributed by atoms with Gasteiger partial charge >= 0.3 is 0 Å². The number of nitrogens with one attached hydrogen (secondary N) is 1. The first-order chi connectivity index (χ1) is 5.22. The summed E-state index contributed by atoms with van der Waals surface area (Å²) in [5.74, 6) is 0.396. The Balaban J connectivity index is 0.000000292. The minimum Gasteiger partial charge on any atom is -0.396 e. The fraction of sp³-hybridized carbons (Fsp3) is 0. The van der Waals surface area contributed by atoms with Gasteiger partial charge in [-0.1, -0.05) is 0 Å². The Morgan fingerprint density at radius 3 is 2.36 bits per heavy atom. The number of isocyanates is 1. The zero-order chi connectivity index (χ0) is 8.69. The largest absolute Gasteiger partial charge is 0.396 e. The van der Waals surface area contributed by atoms with E-state index < -0.39 is 0 Å². The highest BCUT2D eigenvalue weighted by Crippen LogP contribution is 2.06. The predicted octanol–water partition coefficient (Wildman–Crippen LogP) is 0.147. The topological polar surface area (TPSA) is 106 Å². The molecule has 1 aromatic rings. The molecule has 1 heterocycles. The van der Waals surface area contributed by atoms with Crippen LogP contribution in [0.5, 0.6) is 0 Å². The maximum absolute atomic E-state index is 8.35. The highest BCUT2D eigenvalue weighted by atomic mass is 16.1. The fourth-order valence-electron chi connectivity index (χ4n) is 0.430. The van der Waals surface area contributed by atoms with Crippen molar-refractivity contribution in [3.63, 3.8) is 0 Å². The van der Waals surface area contributed by atoms with E-state index in [-0.39, 0.29) is 0 Å². The SMILES string of the molecule is N=C=O.Nc1cccnc1N. The third-order valence-corrected chi connectivity index (χ3v) is 0.871. The lowest BCUT2D eigenvalue weighted by Crippen LogP contribution is -1.95. The molecule has 1 aromatic heterocycles. The Hall–Kier alpha value is -1.87. The van der Waals surface area contributed by atoms with Gasteiger partial charge in [0, 0.05) is 6.20 Å². The molecule has 58 valence electrons. The molecule has 0 radical (unpaired) electrons. The van der Waals surface area contributed by atoms with E-state index in [0.29, 0.717) is 11.5 Å². The first-order valence-corrected chi connectivity index (χ1v) is 2.72. The molecule has 0 amide bonds. The van der Waals surface area contributed by atoms with Crippen molar-refractivity contribution in [1.29, 1.82) is 5.41 Å². The Morgan fingerprint density at radius 2 is 2.09 bits per heavy atom. The van der Waals surface area contributed by atoms with Crippen LogP contribution < -0.4 is 11.5 Å². The lowest BCUT2D eigenvalue weighted by atomic mass is 10.4. The van der Waals surface area contributed by atoms with Gasteiger partial charge in [0.1, 0.15) is 5.82 Å². The standard InChI is InChI=1S/C5H7N3.CHNO/c6-4-2-1-3-8-5(4)7;2-1-3/h1-3H,6H2,(H2,7,8);2H. The Bertz CT molecular complexity index is 234. The molecule has 0 aromatic carbocycles. The second-order valence-electron chi connectivity index (χ2n) is 1.58. The molecule has 0 saturated heterocycles. The molecular formula is C6H8N4O. The van der Waals surface area contributed by atoms with E-state index >= 15 is 0 Å². The van der Waals surface area contributed by atoms with Gasteiger partial charge in [0.15, 0.2) is 0 Å². The van der Waals surface area contributed by atoms with E-state index in [2.05, 4.69) is 4.98 Å². The summed E-state index contributed by atoms with van der Waals surface area (Å²) in [6.07, 6.45) is 2.35. The van der Waals surface area contributed by atoms with Gasteiger partial charge in [0.05, 0.1) is 5.69 Å². The van der Waals surface area contributed by atoms with Crippen molar-refractivity contribution in [2.75, 3.05) is 11.5 Å². The molecule has 1 rings (SSSR count). The van der Waals surface area contributed by atoms with Crippen LogP contribution in [-0.2, 0) is 4.79 Å². The van der Waals surface area contributed by atoms with E-state index in [1.807, 2.05) is 0 Å². The zero-order valence-corrected chi connectivity index (χ0v) is 5.74. The van der Waals surface area contributed by atoms with Crippen molar-refractivity contribution in [2.24, 2.45) is 0 Å². The Labute approximate surface area is 63.5 Å². The van der Waals surface area contributed by atoms with E-state index in [1.165, 1.54) is 0 Å². The second-order valence-corrected chi connectivity index (χ2v) is 1.58. The van der Waals surface area contributed by atoms with Gasteiger partial charge in [0.25, 0.3) is 0 Å². The number of aromatic nitrogens is 1. The summed E-state index contributed by atoms with van der Waals surface area (Å²) in [6, 6.07) is 3.45. The molecule has 0 atom stereocenters. The van der Waals surface area contributed by atoms with E-state index in [0.717, 1.165) is 6.08 Å². The molecule has 5 N–H and O–H groups in total. The summed E-state index contributed by atoms with van der Waals surface area (Å²) in [6.45, 7) is 0. The number of nitrogens with zero attached hydrogens (tertiary/aromatic N) is 1. The minimum atomic E-state index is 0.396. The smallest absolute Gasteiger partial charge is 0.231 e. The van der Waals surface area contributed by atoms with Crippen molar-refractivity contribution in [3.05, 3.63) is 18.3 Å². The number of anilines is 2. The maximum atomic E-state index is 8.35. The number of hydrogen-bond donors (Lipinski definition) is 3. The van der Waals surface area contributed by atoms with Gasteiger partial charge in [-0.05, 0) is 12.1 Å². The first-order valence-electron chi connectivity index (χ1n) is 2.72. The van der Waals surface area contributed by atoms with Gasteiger partial charge < -0.3 is 11.5 Å². The molecule has 0 fully saturated rings. The van der Waals surface area contributed by atoms with Crippen LogP contribution in [0.2, 0.25) is 0 Å². The van der Waals surface area contributed by atoms with E-state index in [1.54, 1.807) is 18.3 Å². The van der Waals surface area contributed by atoms with Crippen LogP contribution in [0.15, 0.2) is 18.3 Å². The molecule has 0 saturated carbocycles. The molecule has 5 nitrogen and oxygen atoms in total. The van der Waals surface area contributed by atoms with Crippen LogP contribution >= 0.6 is 0 Å². The molecule has 0 spiro atoms. The zero-order valence-electron chi connectivity index (χ0n) is 5.74. The Morgan fingerprint density at radius 1 is 1.55 bits per heavy atom. The van der Waals surface area contributed by atoms with Crippen molar-refractivity contribution in [1.82, 2.24) is 4.98 Å². The minimum absolute atomic E-state index is 0.396. The molecular weight excluding hydrogens is 144 g/mol. The highest BCUT2D eigenvalue weighted by Gasteiger charge is 1.87. The summed E-state index contributed by atoms with van der Waals surface area (Å²) < 4.78 is 0. The molecule has 11 heavy (non-hydrogen) atoms. The van der Waals surface area contributed by atoms with Crippen molar-refractivity contribution in [2.45, 2.75) is 0 Å². The molecule has 0 aliphatic carbocycles. The van der Waals surface area contributed by atoms with Crippen molar-refractivity contribution in [3.8, 4) is 0 Å². The third-order valence-electron chi connectivity index (χ3n) is 0.871. The van der Waals surface area contributed by atoms with Crippen LogP contribution in [-0.4, -0.2) is 11.1 Å². The normalized spacial score (nSPS) is 7.27. The van der Waals surface area contributed by atoms with Gasteiger partial charge in [-0.2, -0.15) is 0 Å². The number of pyridine rings is 1. The number of rotatable bonds is 0. The van der Waals surface area contributed by atoms with Gasteiger partial charge in [-0.25, -0.2) is 15.2 Å². The van der Waals surface area contributed by atoms with Crippen LogP contribution in [0.3, 0.4) is 0 Å². The summed E-state index contributed by atoms with van der Waals surface area (Å²) in [5.41, 5.74) is 11.2. The molecule has 0 unspecified atom stereocenters. The van der Waals surface area contributed by atoms with Crippen LogP contribution in [0.25, 0.3) is 0 Å². The summed E-state index contributed by atoms with van der Waals surface area (Å²) in [5, 5.41) is 5.40. The van der Waals surface area contributed by atoms with Crippen molar-refractivity contribution >= 4 is 17.6 Å². The fourth-order valence-corrected chi connectivity index (χ4v) is 0.430. The van der Waals surface area contributed by atoms with Gasteiger partial charge in [0.2, 0.25) is 6.08 Å². The Kier molecular flexibility index (Phi) is 4.12. The maximum Gasteiger partial charge on any atom is 0.231 e. The lowest BCUT2D eigenvalue weighted by molar-refractivity contribution is 0.563. The van der Waals surface area contributed by atoms with Crippen LogP contribution in [0, 0.1) is 5.41 Å². The lowest BCUT2D eigenvalue weighted by Gasteiger charge is -1.92. The molecule has 0 aliphatic heterocycles. The van der Waals surface area contributed by atoms with Crippen molar-refractivity contribution < 1.29 is 4.79 Å². The van der Waals surface area contributed by atoms with E-state index in [9.17, 15) is 0 Å². The molecule has 0 aliphatic rings. The number of nitrogens with two attached hydrogens (primary N) is 2. The number of hydrogen-bond acceptors (Lipinski definition) is 5. The number of carbonyl (C=O) groups excluding carboxylic acids is 1. The summed E-state index contributed by atoms with van der Waals surface area (Å²) >= 11 is 0. The highest BCUT2D eigenvalue weighted by molar-refractivity contribution is 5.56. The van der Waals surface area contributed by atoms with Gasteiger partial charge in [-0.3, -0.25) is 0 Å². The van der Waals surface area contributed by atoms with Crippen LogP contribution in [0.4, 0.5) is 11.5 Å². The first kappa shape index (κ1) is 9.13. The summed E-state index contributed by atoms with van der Waals surface area (Å²) in [7, 11) is 0. The number of nitrogen functional groups attached to an aromatic ring is 2. The average Bonchev–Trinajstić information content (AvgIpc) is 1.97. The molecule has 0 bridgehead atoms. The second kappa shape index (κ2) is 4.96. The molecule has 5 heteroatoms. The third kappa shape index (κ3) is 3.66.